The summed E-state index contributed by atoms with van der Waals surface area (Å²) in [7, 11) is 0. The number of hydrogen-bond acceptors (Lipinski definition) is 2. The lowest BCUT2D eigenvalue weighted by Gasteiger charge is -2.00. The summed E-state index contributed by atoms with van der Waals surface area (Å²) in [6.45, 7) is 0. The molecule has 13 heavy (non-hydrogen) atoms. The number of rotatable bonds is 2. The van der Waals surface area contributed by atoms with Gasteiger partial charge in [0.05, 0.1) is 4.92 Å². The summed E-state index contributed by atoms with van der Waals surface area (Å²) in [6, 6.07) is 2.16. The number of benzene rings is 1. The molecule has 0 atom stereocenters. The maximum atomic E-state index is 12.9. The van der Waals surface area contributed by atoms with E-state index in [1.807, 2.05) is 0 Å². The molecule has 3 nitrogen and oxygen atoms in total. The molecule has 0 bridgehead atoms. The average Bonchev–Trinajstić information content (AvgIpc) is 2.03. The molecular formula is C7H4BrClFNO2. The Morgan fingerprint density at radius 2 is 2.23 bits per heavy atom. The molecule has 1 aromatic rings. The average molecular weight is 268 g/mol. The lowest BCUT2D eigenvalue weighted by atomic mass is 10.2. The van der Waals surface area contributed by atoms with Crippen molar-refractivity contribution in [3.8, 4) is 0 Å². The fourth-order valence-corrected chi connectivity index (χ4v) is 1.66. The fourth-order valence-electron chi connectivity index (χ4n) is 0.823. The molecule has 0 heterocycles. The smallest absolute Gasteiger partial charge is 0.258 e. The van der Waals surface area contributed by atoms with E-state index < -0.39 is 16.4 Å². The van der Waals surface area contributed by atoms with Gasteiger partial charge in [0.15, 0.2) is 0 Å². The molecule has 0 amide bonds. The molecule has 0 N–H and O–H groups in total. The van der Waals surface area contributed by atoms with Crippen LogP contribution in [0.2, 0.25) is 0 Å². The maximum absolute atomic E-state index is 12.9. The van der Waals surface area contributed by atoms with Crippen molar-refractivity contribution in [3.05, 3.63) is 38.1 Å². The quantitative estimate of drug-likeness (QED) is 0.469. The summed E-state index contributed by atoms with van der Waals surface area (Å²) in [5.74, 6) is -0.771. The molecule has 6 heteroatoms. The summed E-state index contributed by atoms with van der Waals surface area (Å²) in [5.41, 5.74) is -0.0615. The van der Waals surface area contributed by atoms with Gasteiger partial charge >= 0.3 is 5.69 Å². The van der Waals surface area contributed by atoms with Crippen molar-refractivity contribution < 1.29 is 9.31 Å². The minimum atomic E-state index is -0.870. The van der Waals surface area contributed by atoms with Crippen LogP contribution in [0.1, 0.15) is 5.56 Å². The predicted octanol–water partition coefficient (Wildman–Crippen LogP) is 3.24. The van der Waals surface area contributed by atoms with Crippen LogP contribution in [0.3, 0.4) is 0 Å². The van der Waals surface area contributed by atoms with Gasteiger partial charge < -0.3 is 0 Å². The fraction of sp³-hybridized carbons (Fsp3) is 0.143. The molecule has 0 aromatic heterocycles. The Morgan fingerprint density at radius 1 is 1.62 bits per heavy atom. The molecule has 0 spiro atoms. The largest absolute Gasteiger partial charge is 0.305 e. The molecule has 0 saturated heterocycles. The number of halogens is 3. The molecule has 1 aromatic carbocycles. The zero-order valence-electron chi connectivity index (χ0n) is 6.26. The third-order valence-electron chi connectivity index (χ3n) is 1.46. The van der Waals surface area contributed by atoms with Crippen molar-refractivity contribution in [1.29, 1.82) is 0 Å². The van der Waals surface area contributed by atoms with Crippen LogP contribution in [0.5, 0.6) is 0 Å². The van der Waals surface area contributed by atoms with Crippen LogP contribution in [0.25, 0.3) is 0 Å². The van der Waals surface area contributed by atoms with Gasteiger partial charge in [-0.2, -0.15) is 4.39 Å². The summed E-state index contributed by atoms with van der Waals surface area (Å²) in [6.07, 6.45) is 0. The SMILES string of the molecule is O=[N+]([O-])c1cc(CCl)c(Br)cc1F. The minimum absolute atomic E-state index is 0.0989. The van der Waals surface area contributed by atoms with Gasteiger partial charge in [-0.15, -0.1) is 11.6 Å². The topological polar surface area (TPSA) is 43.1 Å². The van der Waals surface area contributed by atoms with Gasteiger partial charge in [0.25, 0.3) is 0 Å². The summed E-state index contributed by atoms with van der Waals surface area (Å²) in [5, 5.41) is 10.3. The van der Waals surface area contributed by atoms with Gasteiger partial charge in [-0.1, -0.05) is 15.9 Å². The molecule has 0 radical (unpaired) electrons. The van der Waals surface area contributed by atoms with E-state index in [1.165, 1.54) is 0 Å². The van der Waals surface area contributed by atoms with Crippen molar-refractivity contribution in [2.24, 2.45) is 0 Å². The van der Waals surface area contributed by atoms with Crippen LogP contribution in [-0.4, -0.2) is 4.92 Å². The molecule has 0 unspecified atom stereocenters. The van der Waals surface area contributed by atoms with Crippen molar-refractivity contribution in [1.82, 2.24) is 0 Å². The van der Waals surface area contributed by atoms with Gasteiger partial charge in [-0.25, -0.2) is 0 Å². The zero-order valence-corrected chi connectivity index (χ0v) is 8.60. The third-order valence-corrected chi connectivity index (χ3v) is 2.48. The molecule has 1 rings (SSSR count). The van der Waals surface area contributed by atoms with Gasteiger partial charge in [0.1, 0.15) is 0 Å². The zero-order chi connectivity index (χ0) is 10.0. The van der Waals surface area contributed by atoms with Crippen molar-refractivity contribution in [2.75, 3.05) is 0 Å². The Kier molecular flexibility index (Phi) is 3.22. The van der Waals surface area contributed by atoms with Crippen LogP contribution in [0.4, 0.5) is 10.1 Å². The summed E-state index contributed by atoms with van der Waals surface area (Å²) in [4.78, 5) is 9.53. The highest BCUT2D eigenvalue weighted by molar-refractivity contribution is 9.10. The highest BCUT2D eigenvalue weighted by Crippen LogP contribution is 2.26. The van der Waals surface area contributed by atoms with Gasteiger partial charge in [0.2, 0.25) is 5.82 Å². The molecule has 70 valence electrons. The van der Waals surface area contributed by atoms with Crippen LogP contribution in [0, 0.1) is 15.9 Å². The summed E-state index contributed by atoms with van der Waals surface area (Å²) >= 11 is 8.53. The number of nitrogens with zero attached hydrogens (tertiary/aromatic N) is 1. The number of hydrogen-bond donors (Lipinski definition) is 0. The number of nitro groups is 1. The Hall–Kier alpha value is -0.680. The molecule has 0 aliphatic carbocycles. The first kappa shape index (κ1) is 10.4. The predicted molar refractivity (Wildman–Crippen MR) is 50.3 cm³/mol. The second kappa shape index (κ2) is 4.02. The Bertz CT molecular complexity index is 359. The number of alkyl halides is 1. The lowest BCUT2D eigenvalue weighted by Crippen LogP contribution is -1.94. The number of nitro benzene ring substituents is 1. The first-order valence-electron chi connectivity index (χ1n) is 3.24. The Balaban J connectivity index is 3.30. The van der Waals surface area contributed by atoms with Crippen molar-refractivity contribution >= 4 is 33.2 Å². The van der Waals surface area contributed by atoms with E-state index in [2.05, 4.69) is 15.9 Å². The van der Waals surface area contributed by atoms with E-state index in [1.54, 1.807) is 0 Å². The monoisotopic (exact) mass is 267 g/mol. The minimum Gasteiger partial charge on any atom is -0.258 e. The normalized spacial score (nSPS) is 10.1. The van der Waals surface area contributed by atoms with E-state index in [0.29, 0.717) is 10.0 Å². The van der Waals surface area contributed by atoms with Crippen LogP contribution >= 0.6 is 27.5 Å². The standard InChI is InChI=1S/C7H4BrClFNO2/c8-5-2-6(10)7(11(12)13)1-4(5)3-9/h1-2H,3H2. The summed E-state index contributed by atoms with van der Waals surface area (Å²) < 4.78 is 13.3. The molecule has 0 aliphatic rings. The molecular weight excluding hydrogens is 264 g/mol. The van der Waals surface area contributed by atoms with Crippen LogP contribution < -0.4 is 0 Å². The van der Waals surface area contributed by atoms with Crippen LogP contribution in [-0.2, 0) is 5.88 Å². The highest BCUT2D eigenvalue weighted by Gasteiger charge is 2.16. The van der Waals surface area contributed by atoms with E-state index in [0.717, 1.165) is 12.1 Å². The van der Waals surface area contributed by atoms with E-state index in [9.17, 15) is 14.5 Å². The first-order valence-corrected chi connectivity index (χ1v) is 4.57. The van der Waals surface area contributed by atoms with Gasteiger partial charge in [0, 0.05) is 16.4 Å². The van der Waals surface area contributed by atoms with E-state index in [4.69, 9.17) is 11.6 Å². The first-order chi connectivity index (χ1) is 6.06. The highest BCUT2D eigenvalue weighted by atomic mass is 79.9. The van der Waals surface area contributed by atoms with Crippen LogP contribution in [0.15, 0.2) is 16.6 Å². The molecule has 0 fully saturated rings. The maximum Gasteiger partial charge on any atom is 0.305 e. The van der Waals surface area contributed by atoms with Gasteiger partial charge in [-0.05, 0) is 11.6 Å². The van der Waals surface area contributed by atoms with Crippen molar-refractivity contribution in [3.63, 3.8) is 0 Å². The molecule has 0 saturated carbocycles. The second-order valence-electron chi connectivity index (χ2n) is 2.29. The van der Waals surface area contributed by atoms with E-state index in [-0.39, 0.29) is 5.88 Å². The third kappa shape index (κ3) is 2.16. The lowest BCUT2D eigenvalue weighted by molar-refractivity contribution is -0.387. The molecule has 0 aliphatic heterocycles. The van der Waals surface area contributed by atoms with E-state index >= 15 is 0 Å². The van der Waals surface area contributed by atoms with Gasteiger partial charge in [-0.3, -0.25) is 10.1 Å². The Morgan fingerprint density at radius 3 is 2.69 bits per heavy atom. The second-order valence-corrected chi connectivity index (χ2v) is 3.41. The van der Waals surface area contributed by atoms with Crippen molar-refractivity contribution in [2.45, 2.75) is 5.88 Å². The Labute approximate surface area is 86.8 Å².